The second-order valence-electron chi connectivity index (χ2n) is 10.3. The summed E-state index contributed by atoms with van der Waals surface area (Å²) in [6.07, 6.45) is -2.17. The van der Waals surface area contributed by atoms with E-state index in [0.29, 0.717) is 6.54 Å². The zero-order chi connectivity index (χ0) is 31.2. The predicted molar refractivity (Wildman–Crippen MR) is 130 cm³/mol. The zero-order valence-corrected chi connectivity index (χ0v) is 22.4. The lowest BCUT2D eigenvalue weighted by Crippen LogP contribution is -2.48. The summed E-state index contributed by atoms with van der Waals surface area (Å²) < 4.78 is 63.5. The Labute approximate surface area is 231 Å². The van der Waals surface area contributed by atoms with Gasteiger partial charge in [0.15, 0.2) is 0 Å². The molecule has 0 aromatic carbocycles. The number of alkyl halides is 6. The molecule has 16 heteroatoms. The molecule has 0 radical (unpaired) electrons. The summed E-state index contributed by atoms with van der Waals surface area (Å²) >= 11 is 0. The normalized spacial score (nSPS) is 23.4. The van der Waals surface area contributed by atoms with E-state index in [4.69, 9.17) is 19.8 Å². The molecular formula is C25H32F6N4O6. The number of aromatic nitrogens is 1. The Morgan fingerprint density at radius 1 is 1.00 bits per heavy atom. The first-order valence-electron chi connectivity index (χ1n) is 12.6. The van der Waals surface area contributed by atoms with Crippen molar-refractivity contribution in [3.8, 4) is 0 Å². The van der Waals surface area contributed by atoms with E-state index < -0.39 is 24.3 Å². The Morgan fingerprint density at radius 3 is 1.95 bits per heavy atom. The first kappa shape index (κ1) is 33.8. The highest BCUT2D eigenvalue weighted by atomic mass is 19.4. The molecule has 230 valence electrons. The van der Waals surface area contributed by atoms with Gasteiger partial charge in [0, 0.05) is 46.0 Å². The summed E-state index contributed by atoms with van der Waals surface area (Å²) in [7, 11) is 1.73. The molecule has 1 saturated carbocycles. The molecule has 3 N–H and O–H groups in total. The Morgan fingerprint density at radius 2 is 1.54 bits per heavy atom. The third-order valence-electron chi connectivity index (χ3n) is 7.94. The van der Waals surface area contributed by atoms with Crippen LogP contribution in [-0.2, 0) is 25.7 Å². The van der Waals surface area contributed by atoms with E-state index in [1.165, 1.54) is 5.56 Å². The highest BCUT2D eigenvalue weighted by molar-refractivity contribution is 5.86. The summed E-state index contributed by atoms with van der Waals surface area (Å²) in [4.78, 5) is 51.3. The number of carboxylic acid groups (broad SMARTS) is 2. The largest absolute Gasteiger partial charge is 0.490 e. The van der Waals surface area contributed by atoms with Gasteiger partial charge >= 0.3 is 24.3 Å². The second kappa shape index (κ2) is 13.0. The van der Waals surface area contributed by atoms with Crippen molar-refractivity contribution in [1.29, 1.82) is 0 Å². The number of rotatable bonds is 3. The van der Waals surface area contributed by atoms with Crippen LogP contribution < -0.4 is 5.32 Å². The third kappa shape index (κ3) is 8.30. The summed E-state index contributed by atoms with van der Waals surface area (Å²) in [5, 5.41) is 17.1. The molecule has 0 unspecified atom stereocenters. The molecule has 1 aromatic heterocycles. The minimum absolute atomic E-state index is 0.0943. The molecule has 0 bridgehead atoms. The Hall–Kier alpha value is -3.43. The Kier molecular flexibility index (Phi) is 10.7. The van der Waals surface area contributed by atoms with Gasteiger partial charge < -0.3 is 20.4 Å². The number of pyridine rings is 1. The van der Waals surface area contributed by atoms with Gasteiger partial charge in [0.25, 0.3) is 0 Å². The molecule has 2 amide bonds. The molecule has 1 spiro atoms. The number of halogens is 6. The molecular weight excluding hydrogens is 566 g/mol. The lowest BCUT2D eigenvalue weighted by Gasteiger charge is -2.44. The van der Waals surface area contributed by atoms with Gasteiger partial charge in [0.05, 0.1) is 5.41 Å². The number of hydrogen-bond donors (Lipinski definition) is 3. The maximum Gasteiger partial charge on any atom is 0.490 e. The van der Waals surface area contributed by atoms with Gasteiger partial charge in [-0.25, -0.2) is 9.59 Å². The fourth-order valence-corrected chi connectivity index (χ4v) is 5.93. The minimum Gasteiger partial charge on any atom is -0.475 e. The van der Waals surface area contributed by atoms with E-state index in [2.05, 4.69) is 21.3 Å². The van der Waals surface area contributed by atoms with Gasteiger partial charge in [-0.1, -0.05) is 6.07 Å². The minimum atomic E-state index is -5.08. The number of carbonyl (C=O) groups is 4. The van der Waals surface area contributed by atoms with Crippen LogP contribution in [0.1, 0.15) is 38.2 Å². The molecule has 4 rings (SSSR count). The topological polar surface area (TPSA) is 140 Å². The first-order valence-corrected chi connectivity index (χ1v) is 12.6. The van der Waals surface area contributed by atoms with E-state index in [9.17, 15) is 35.9 Å². The fourth-order valence-electron chi connectivity index (χ4n) is 5.93. The van der Waals surface area contributed by atoms with Gasteiger partial charge in [-0.3, -0.25) is 19.5 Å². The fraction of sp³-hybridized carbons (Fsp3) is 0.640. The van der Waals surface area contributed by atoms with Crippen LogP contribution in [0.5, 0.6) is 0 Å². The molecule has 2 aliphatic heterocycles. The van der Waals surface area contributed by atoms with E-state index in [1.54, 1.807) is 14.0 Å². The lowest BCUT2D eigenvalue weighted by atomic mass is 9.65. The molecule has 2 atom stereocenters. The van der Waals surface area contributed by atoms with Gasteiger partial charge in [0.2, 0.25) is 11.8 Å². The third-order valence-corrected chi connectivity index (χ3v) is 7.94. The zero-order valence-electron chi connectivity index (χ0n) is 22.4. The number of aliphatic carboxylic acids is 2. The molecule has 41 heavy (non-hydrogen) atoms. The number of amides is 2. The van der Waals surface area contributed by atoms with Crippen LogP contribution in [-0.4, -0.2) is 94.3 Å². The number of fused-ring (bicyclic) bond motifs is 2. The van der Waals surface area contributed by atoms with Crippen molar-refractivity contribution in [2.75, 3.05) is 33.2 Å². The first-order chi connectivity index (χ1) is 18.9. The van der Waals surface area contributed by atoms with Gasteiger partial charge in [-0.15, -0.1) is 0 Å². The average molecular weight is 599 g/mol. The van der Waals surface area contributed by atoms with E-state index in [-0.39, 0.29) is 28.6 Å². The molecule has 2 saturated heterocycles. The number of carbonyl (C=O) groups excluding carboxylic acids is 2. The number of carboxylic acids is 2. The van der Waals surface area contributed by atoms with Crippen molar-refractivity contribution in [3.05, 3.63) is 30.1 Å². The van der Waals surface area contributed by atoms with Crippen LogP contribution in [0, 0.1) is 16.7 Å². The second-order valence-corrected chi connectivity index (χ2v) is 10.3. The van der Waals surface area contributed by atoms with Crippen LogP contribution in [0.2, 0.25) is 0 Å². The van der Waals surface area contributed by atoms with Crippen molar-refractivity contribution in [3.63, 3.8) is 0 Å². The van der Waals surface area contributed by atoms with Crippen LogP contribution >= 0.6 is 0 Å². The molecule has 1 aliphatic carbocycles. The van der Waals surface area contributed by atoms with Crippen molar-refractivity contribution < 1.29 is 55.7 Å². The standard InChI is InChI=1S/C21H30N4O2.2C2HF3O2/c1-16(26)25-14-18-20(5-6-21(18,15-25)19(27)22-2)7-10-24(11-8-20)13-17-4-3-9-23-12-17;2*3-2(4,5)1(6)7/h3-4,9,12,18H,5-8,10-11,13-15H2,1-2H3,(H,22,27);2*(H,6,7)/t18-,21+;;/m0../s1. The van der Waals surface area contributed by atoms with Crippen LogP contribution in [0.25, 0.3) is 0 Å². The van der Waals surface area contributed by atoms with Gasteiger partial charge in [-0.2, -0.15) is 26.3 Å². The summed E-state index contributed by atoms with van der Waals surface area (Å²) in [6, 6.07) is 4.12. The molecule has 3 aliphatic rings. The van der Waals surface area contributed by atoms with Gasteiger partial charge in [-0.05, 0) is 61.7 Å². The highest BCUT2D eigenvalue weighted by Crippen LogP contribution is 2.62. The van der Waals surface area contributed by atoms with Crippen LogP contribution in [0.3, 0.4) is 0 Å². The van der Waals surface area contributed by atoms with E-state index in [0.717, 1.165) is 51.9 Å². The summed E-state index contributed by atoms with van der Waals surface area (Å²) in [5.74, 6) is -5.00. The number of nitrogens with one attached hydrogen (secondary N) is 1. The molecule has 1 aromatic rings. The quantitative estimate of drug-likeness (QED) is 0.452. The van der Waals surface area contributed by atoms with Gasteiger partial charge in [0.1, 0.15) is 0 Å². The Balaban J connectivity index is 0.000000349. The van der Waals surface area contributed by atoms with E-state index in [1.807, 2.05) is 23.4 Å². The number of piperidine rings is 1. The maximum absolute atomic E-state index is 12.9. The van der Waals surface area contributed by atoms with Crippen LogP contribution in [0.15, 0.2) is 24.5 Å². The maximum atomic E-state index is 12.9. The average Bonchev–Trinajstić information content (AvgIpc) is 3.42. The lowest BCUT2D eigenvalue weighted by molar-refractivity contribution is -0.193. The summed E-state index contributed by atoms with van der Waals surface area (Å²) in [5.41, 5.74) is 1.07. The van der Waals surface area contributed by atoms with Crippen LogP contribution in [0.4, 0.5) is 26.3 Å². The van der Waals surface area contributed by atoms with Crippen molar-refractivity contribution in [2.45, 2.75) is 51.5 Å². The van der Waals surface area contributed by atoms with Crippen molar-refractivity contribution in [1.82, 2.24) is 20.1 Å². The smallest absolute Gasteiger partial charge is 0.475 e. The molecule has 10 nitrogen and oxygen atoms in total. The highest BCUT2D eigenvalue weighted by Gasteiger charge is 2.64. The Bertz CT molecular complexity index is 1070. The molecule has 3 fully saturated rings. The summed E-state index contributed by atoms with van der Waals surface area (Å²) in [6.45, 7) is 6.00. The monoisotopic (exact) mass is 598 g/mol. The number of hydrogen-bond acceptors (Lipinski definition) is 6. The SMILES string of the molecule is CNC(=O)[C@@]12CCC3(CCN(Cc4cccnc4)CC3)[C@@H]1CN(C(C)=O)C2.O=C(O)C(F)(F)F.O=C(O)C(F)(F)F. The number of nitrogens with zero attached hydrogens (tertiary/aromatic N) is 3. The molecule has 3 heterocycles. The number of likely N-dealkylation sites (tertiary alicyclic amines) is 2. The van der Waals surface area contributed by atoms with Crippen molar-refractivity contribution in [2.24, 2.45) is 16.7 Å². The van der Waals surface area contributed by atoms with E-state index >= 15 is 0 Å². The van der Waals surface area contributed by atoms with Crippen molar-refractivity contribution >= 4 is 23.8 Å². The predicted octanol–water partition coefficient (Wildman–Crippen LogP) is 2.93.